The molecule has 0 spiro atoms. The Bertz CT molecular complexity index is 316. The summed E-state index contributed by atoms with van der Waals surface area (Å²) in [7, 11) is 1.66. The number of carbonyl (C=O) groups excluding carboxylic acids is 2. The first-order valence-corrected chi connectivity index (χ1v) is 5.95. The van der Waals surface area contributed by atoms with E-state index in [9.17, 15) is 9.59 Å². The molecule has 16 heavy (non-hydrogen) atoms. The van der Waals surface area contributed by atoms with E-state index in [0.717, 1.165) is 12.8 Å². The van der Waals surface area contributed by atoms with E-state index in [1.807, 2.05) is 6.92 Å². The van der Waals surface area contributed by atoms with Crippen LogP contribution in [0.15, 0.2) is 0 Å². The number of fused-ring (bicyclic) bond motifs is 3. The van der Waals surface area contributed by atoms with Crippen LogP contribution in [0.4, 0.5) is 0 Å². The van der Waals surface area contributed by atoms with Crippen molar-refractivity contribution in [3.63, 3.8) is 0 Å². The molecular formula is C12H19NO3. The van der Waals surface area contributed by atoms with Crippen molar-refractivity contribution in [2.24, 2.45) is 5.41 Å². The van der Waals surface area contributed by atoms with E-state index >= 15 is 0 Å². The lowest BCUT2D eigenvalue weighted by Gasteiger charge is -2.50. The highest BCUT2D eigenvalue weighted by atomic mass is 16.5. The summed E-state index contributed by atoms with van der Waals surface area (Å²) < 4.78 is 5.47. The molecule has 4 nitrogen and oxygen atoms in total. The van der Waals surface area contributed by atoms with Crippen molar-refractivity contribution in [2.75, 3.05) is 13.7 Å². The fraction of sp³-hybridized carbons (Fsp3) is 0.833. The van der Waals surface area contributed by atoms with Crippen molar-refractivity contribution in [3.05, 3.63) is 0 Å². The van der Waals surface area contributed by atoms with E-state index in [1.165, 1.54) is 0 Å². The molecule has 3 saturated carbocycles. The SMILES string of the molecule is CCNC(=O)C12CCC(OC)(CC1)CC2=O. The zero-order valence-electron chi connectivity index (χ0n) is 9.97. The van der Waals surface area contributed by atoms with Gasteiger partial charge in [-0.1, -0.05) is 0 Å². The van der Waals surface area contributed by atoms with E-state index in [1.54, 1.807) is 7.11 Å². The fourth-order valence-corrected chi connectivity index (χ4v) is 3.01. The lowest BCUT2D eigenvalue weighted by atomic mass is 9.57. The van der Waals surface area contributed by atoms with Gasteiger partial charge in [0.25, 0.3) is 0 Å². The van der Waals surface area contributed by atoms with Crippen molar-refractivity contribution in [1.29, 1.82) is 0 Å². The average Bonchev–Trinajstić information content (AvgIpc) is 2.30. The van der Waals surface area contributed by atoms with Gasteiger partial charge in [-0.05, 0) is 32.6 Å². The molecule has 90 valence electrons. The van der Waals surface area contributed by atoms with E-state index in [-0.39, 0.29) is 17.3 Å². The minimum Gasteiger partial charge on any atom is -0.378 e. The number of carbonyl (C=O) groups is 2. The molecule has 3 aliphatic carbocycles. The third-order valence-corrected chi connectivity index (χ3v) is 4.24. The number of ether oxygens (including phenoxy) is 1. The second kappa shape index (κ2) is 3.84. The van der Waals surface area contributed by atoms with Gasteiger partial charge in [-0.2, -0.15) is 0 Å². The summed E-state index contributed by atoms with van der Waals surface area (Å²) >= 11 is 0. The van der Waals surface area contributed by atoms with Crippen LogP contribution >= 0.6 is 0 Å². The number of ketones is 1. The molecule has 0 aliphatic heterocycles. The molecule has 1 N–H and O–H groups in total. The number of Topliss-reactive ketones (excluding diaryl/α,β-unsaturated/α-hetero) is 1. The van der Waals surface area contributed by atoms with Crippen LogP contribution in [0.1, 0.15) is 39.0 Å². The highest BCUT2D eigenvalue weighted by Gasteiger charge is 2.58. The smallest absolute Gasteiger partial charge is 0.233 e. The Hall–Kier alpha value is -0.900. The van der Waals surface area contributed by atoms with Gasteiger partial charge in [0.1, 0.15) is 5.41 Å². The number of hydrogen-bond donors (Lipinski definition) is 1. The first-order chi connectivity index (χ1) is 7.58. The Balaban J connectivity index is 2.20. The van der Waals surface area contributed by atoms with Gasteiger partial charge in [0, 0.05) is 20.1 Å². The van der Waals surface area contributed by atoms with Crippen LogP contribution in [-0.2, 0) is 14.3 Å². The summed E-state index contributed by atoms with van der Waals surface area (Å²) in [5.74, 6) is -0.0118. The van der Waals surface area contributed by atoms with Crippen LogP contribution in [0.25, 0.3) is 0 Å². The van der Waals surface area contributed by atoms with Crippen molar-refractivity contribution >= 4 is 11.7 Å². The van der Waals surface area contributed by atoms with E-state index in [4.69, 9.17) is 4.74 Å². The highest BCUT2D eigenvalue weighted by molar-refractivity contribution is 6.07. The maximum Gasteiger partial charge on any atom is 0.233 e. The minimum absolute atomic E-state index is 0.0674. The molecule has 3 aliphatic rings. The maximum absolute atomic E-state index is 12.1. The summed E-state index contributed by atoms with van der Waals surface area (Å²) in [4.78, 5) is 24.1. The molecule has 0 aromatic rings. The van der Waals surface area contributed by atoms with Crippen LogP contribution in [0, 0.1) is 5.41 Å². The highest BCUT2D eigenvalue weighted by Crippen LogP contribution is 2.51. The summed E-state index contributed by atoms with van der Waals surface area (Å²) in [6.45, 7) is 2.47. The lowest BCUT2D eigenvalue weighted by molar-refractivity contribution is -0.166. The Labute approximate surface area is 95.7 Å². The predicted octanol–water partition coefficient (Wildman–Crippen LogP) is 1.04. The molecule has 0 unspecified atom stereocenters. The molecule has 1 amide bonds. The molecule has 2 bridgehead atoms. The molecule has 3 rings (SSSR count). The minimum atomic E-state index is -0.740. The Morgan fingerprint density at radius 1 is 1.38 bits per heavy atom. The van der Waals surface area contributed by atoms with Gasteiger partial charge in [0.15, 0.2) is 5.78 Å². The standard InChI is InChI=1S/C12H19NO3/c1-3-13-10(15)12-6-4-11(16-2,5-7-12)8-9(12)14/h3-8H2,1-2H3,(H,13,15). The topological polar surface area (TPSA) is 55.4 Å². The molecule has 0 saturated heterocycles. The van der Waals surface area contributed by atoms with Gasteiger partial charge in [-0.3, -0.25) is 9.59 Å². The molecule has 0 aromatic carbocycles. The van der Waals surface area contributed by atoms with Crippen LogP contribution in [0.2, 0.25) is 0 Å². The number of nitrogens with one attached hydrogen (secondary N) is 1. The predicted molar refractivity (Wildman–Crippen MR) is 58.9 cm³/mol. The molecular weight excluding hydrogens is 206 g/mol. The second-order valence-corrected chi connectivity index (χ2v) is 4.93. The quantitative estimate of drug-likeness (QED) is 0.730. The number of rotatable bonds is 3. The van der Waals surface area contributed by atoms with Crippen LogP contribution in [0.3, 0.4) is 0 Å². The van der Waals surface area contributed by atoms with Crippen LogP contribution in [0.5, 0.6) is 0 Å². The average molecular weight is 225 g/mol. The summed E-state index contributed by atoms with van der Waals surface area (Å²) in [5.41, 5.74) is -1.01. The molecule has 0 radical (unpaired) electrons. The van der Waals surface area contributed by atoms with Gasteiger partial charge in [0.2, 0.25) is 5.91 Å². The summed E-state index contributed by atoms with van der Waals surface area (Å²) in [6, 6.07) is 0. The van der Waals surface area contributed by atoms with E-state index in [2.05, 4.69) is 5.32 Å². The molecule has 4 heteroatoms. The Morgan fingerprint density at radius 2 is 2.00 bits per heavy atom. The fourth-order valence-electron chi connectivity index (χ4n) is 3.01. The third kappa shape index (κ3) is 1.47. The van der Waals surface area contributed by atoms with Crippen molar-refractivity contribution < 1.29 is 14.3 Å². The summed E-state index contributed by atoms with van der Waals surface area (Å²) in [5, 5.41) is 2.79. The molecule has 0 atom stereocenters. The number of amides is 1. The zero-order valence-corrected chi connectivity index (χ0v) is 9.97. The molecule has 0 heterocycles. The van der Waals surface area contributed by atoms with Crippen molar-refractivity contribution in [2.45, 2.75) is 44.6 Å². The molecule has 0 aromatic heterocycles. The van der Waals surface area contributed by atoms with Crippen LogP contribution in [-0.4, -0.2) is 30.9 Å². The van der Waals surface area contributed by atoms with Gasteiger partial charge in [-0.15, -0.1) is 0 Å². The van der Waals surface area contributed by atoms with Gasteiger partial charge in [0.05, 0.1) is 5.60 Å². The Kier molecular flexibility index (Phi) is 2.78. The van der Waals surface area contributed by atoms with Gasteiger partial charge < -0.3 is 10.1 Å². The first kappa shape index (κ1) is 11.6. The number of hydrogen-bond acceptors (Lipinski definition) is 3. The summed E-state index contributed by atoms with van der Waals surface area (Å²) in [6.07, 6.45) is 3.34. The van der Waals surface area contributed by atoms with E-state index in [0.29, 0.717) is 25.8 Å². The number of methoxy groups -OCH3 is 1. The monoisotopic (exact) mass is 225 g/mol. The van der Waals surface area contributed by atoms with E-state index < -0.39 is 5.41 Å². The largest absolute Gasteiger partial charge is 0.378 e. The van der Waals surface area contributed by atoms with Crippen molar-refractivity contribution in [1.82, 2.24) is 5.32 Å². The maximum atomic E-state index is 12.1. The third-order valence-electron chi connectivity index (χ3n) is 4.24. The zero-order chi connectivity index (χ0) is 11.8. The van der Waals surface area contributed by atoms with Gasteiger partial charge in [-0.25, -0.2) is 0 Å². The lowest BCUT2D eigenvalue weighted by Crippen LogP contribution is -2.59. The normalized spacial score (nSPS) is 37.5. The molecule has 3 fully saturated rings. The Morgan fingerprint density at radius 3 is 2.44 bits per heavy atom. The van der Waals surface area contributed by atoms with Gasteiger partial charge >= 0.3 is 0 Å². The van der Waals surface area contributed by atoms with Crippen molar-refractivity contribution in [3.8, 4) is 0 Å². The van der Waals surface area contributed by atoms with Crippen LogP contribution < -0.4 is 5.32 Å². The first-order valence-electron chi connectivity index (χ1n) is 5.95. The second-order valence-electron chi connectivity index (χ2n) is 4.93.